The van der Waals surface area contributed by atoms with Gasteiger partial charge in [0.25, 0.3) is 0 Å². The van der Waals surface area contributed by atoms with Crippen LogP contribution in [0.15, 0.2) is 24.3 Å². The summed E-state index contributed by atoms with van der Waals surface area (Å²) in [6, 6.07) is 7.52. The van der Waals surface area contributed by atoms with Crippen molar-refractivity contribution >= 4 is 23.2 Å². The molecule has 23 heavy (non-hydrogen) atoms. The van der Waals surface area contributed by atoms with Crippen molar-refractivity contribution in [3.8, 4) is 0 Å². The first kappa shape index (κ1) is 16.0. The third-order valence-electron chi connectivity index (χ3n) is 4.50. The molecule has 1 aromatic carbocycles. The average Bonchev–Trinajstić information content (AvgIpc) is 2.96. The molecule has 2 fully saturated rings. The van der Waals surface area contributed by atoms with Crippen LogP contribution >= 0.6 is 0 Å². The molecule has 1 N–H and O–H groups in total. The van der Waals surface area contributed by atoms with Gasteiger partial charge in [0.15, 0.2) is 0 Å². The Morgan fingerprint density at radius 1 is 1.09 bits per heavy atom. The summed E-state index contributed by atoms with van der Waals surface area (Å²) in [5.41, 5.74) is 1.68. The Hall–Kier alpha value is -1.92. The van der Waals surface area contributed by atoms with Crippen LogP contribution in [-0.2, 0) is 9.59 Å². The molecule has 2 heterocycles. The van der Waals surface area contributed by atoms with Crippen LogP contribution in [0.25, 0.3) is 0 Å². The summed E-state index contributed by atoms with van der Waals surface area (Å²) in [6.45, 7) is 5.09. The van der Waals surface area contributed by atoms with Crippen molar-refractivity contribution in [2.45, 2.75) is 12.8 Å². The van der Waals surface area contributed by atoms with Crippen LogP contribution in [0.5, 0.6) is 0 Å². The number of hydrogen-bond donors (Lipinski definition) is 1. The van der Waals surface area contributed by atoms with Gasteiger partial charge in [-0.1, -0.05) is 0 Å². The Kier molecular flexibility index (Phi) is 4.93. The molecule has 0 unspecified atom stereocenters. The lowest BCUT2D eigenvalue weighted by Crippen LogP contribution is -2.47. The highest BCUT2D eigenvalue weighted by atomic mass is 16.2. The average molecular weight is 316 g/mol. The Morgan fingerprint density at radius 3 is 2.39 bits per heavy atom. The summed E-state index contributed by atoms with van der Waals surface area (Å²) in [7, 11) is 2.10. The second-order valence-corrected chi connectivity index (χ2v) is 6.32. The van der Waals surface area contributed by atoms with Crippen LogP contribution < -0.4 is 10.2 Å². The molecular weight excluding hydrogens is 292 g/mol. The summed E-state index contributed by atoms with van der Waals surface area (Å²) < 4.78 is 0. The number of nitrogens with one attached hydrogen (secondary N) is 1. The third kappa shape index (κ3) is 4.09. The van der Waals surface area contributed by atoms with Crippen molar-refractivity contribution in [1.82, 2.24) is 9.80 Å². The highest BCUT2D eigenvalue weighted by molar-refractivity contribution is 5.96. The minimum Gasteiger partial charge on any atom is -0.325 e. The lowest BCUT2D eigenvalue weighted by molar-refractivity contribution is -0.118. The van der Waals surface area contributed by atoms with E-state index < -0.39 is 0 Å². The number of nitrogens with zero attached hydrogens (tertiary/aromatic N) is 3. The Morgan fingerprint density at radius 2 is 1.78 bits per heavy atom. The topological polar surface area (TPSA) is 55.9 Å². The summed E-state index contributed by atoms with van der Waals surface area (Å²) in [5.74, 6) is 0.191. The fourth-order valence-electron chi connectivity index (χ4n) is 3.06. The molecule has 124 valence electrons. The fourth-order valence-corrected chi connectivity index (χ4v) is 3.06. The Balaban J connectivity index is 1.51. The fraction of sp³-hybridized carbons (Fsp3) is 0.529. The maximum atomic E-state index is 12.1. The van der Waals surface area contributed by atoms with Crippen molar-refractivity contribution in [2.75, 3.05) is 56.5 Å². The Bertz CT molecular complexity index is 564. The zero-order valence-electron chi connectivity index (χ0n) is 13.6. The quantitative estimate of drug-likeness (QED) is 0.900. The summed E-state index contributed by atoms with van der Waals surface area (Å²) in [6.07, 6.45) is 1.55. The van der Waals surface area contributed by atoms with Crippen molar-refractivity contribution < 1.29 is 9.59 Å². The van der Waals surface area contributed by atoms with Gasteiger partial charge in [0.1, 0.15) is 0 Å². The van der Waals surface area contributed by atoms with Gasteiger partial charge in [-0.3, -0.25) is 14.5 Å². The normalized spacial score (nSPS) is 20.0. The van der Waals surface area contributed by atoms with Crippen LogP contribution in [0.4, 0.5) is 11.4 Å². The predicted octanol–water partition coefficient (Wildman–Crippen LogP) is 0.999. The first-order valence-corrected chi connectivity index (χ1v) is 8.23. The molecular formula is C17H24N4O2. The number of carbonyl (C=O) groups is 2. The zero-order valence-corrected chi connectivity index (χ0v) is 13.6. The number of carbonyl (C=O) groups excluding carboxylic acids is 2. The summed E-state index contributed by atoms with van der Waals surface area (Å²) >= 11 is 0. The van der Waals surface area contributed by atoms with Crippen LogP contribution in [0.1, 0.15) is 12.8 Å². The lowest BCUT2D eigenvalue weighted by Gasteiger charge is -2.31. The molecule has 0 atom stereocenters. The summed E-state index contributed by atoms with van der Waals surface area (Å²) in [5, 5.41) is 2.93. The molecule has 2 aliphatic rings. The molecule has 6 nitrogen and oxygen atoms in total. The predicted molar refractivity (Wildman–Crippen MR) is 90.6 cm³/mol. The van der Waals surface area contributed by atoms with E-state index in [2.05, 4.69) is 22.2 Å². The van der Waals surface area contributed by atoms with E-state index in [1.165, 1.54) is 0 Å². The Labute approximate surface area is 137 Å². The van der Waals surface area contributed by atoms with E-state index in [1.807, 2.05) is 24.3 Å². The number of amides is 2. The molecule has 0 radical (unpaired) electrons. The summed E-state index contributed by atoms with van der Waals surface area (Å²) in [4.78, 5) is 30.1. The van der Waals surface area contributed by atoms with Crippen LogP contribution in [0.3, 0.4) is 0 Å². The van der Waals surface area contributed by atoms with Crippen molar-refractivity contribution in [3.63, 3.8) is 0 Å². The van der Waals surface area contributed by atoms with Gasteiger partial charge >= 0.3 is 0 Å². The van der Waals surface area contributed by atoms with Crippen molar-refractivity contribution in [1.29, 1.82) is 0 Å². The van der Waals surface area contributed by atoms with Crippen LogP contribution in [0.2, 0.25) is 0 Å². The van der Waals surface area contributed by atoms with Crippen LogP contribution in [-0.4, -0.2) is 67.9 Å². The molecule has 2 amide bonds. The number of piperazine rings is 1. The molecule has 2 saturated heterocycles. The lowest BCUT2D eigenvalue weighted by atomic mass is 10.2. The molecule has 0 aliphatic carbocycles. The monoisotopic (exact) mass is 316 g/mol. The van der Waals surface area contributed by atoms with Gasteiger partial charge in [-0.05, 0) is 37.7 Å². The van der Waals surface area contributed by atoms with Gasteiger partial charge in [-0.2, -0.15) is 0 Å². The molecule has 0 bridgehead atoms. The first-order valence-electron chi connectivity index (χ1n) is 8.23. The second kappa shape index (κ2) is 7.10. The van der Waals surface area contributed by atoms with E-state index in [9.17, 15) is 9.59 Å². The highest BCUT2D eigenvalue weighted by Gasteiger charge is 2.21. The second-order valence-electron chi connectivity index (χ2n) is 6.32. The van der Waals surface area contributed by atoms with Gasteiger partial charge in [0.2, 0.25) is 11.8 Å². The zero-order chi connectivity index (χ0) is 16.2. The van der Waals surface area contributed by atoms with E-state index in [4.69, 9.17) is 0 Å². The maximum Gasteiger partial charge on any atom is 0.238 e. The van der Waals surface area contributed by atoms with E-state index in [1.54, 1.807) is 4.90 Å². The van der Waals surface area contributed by atoms with Gasteiger partial charge in [-0.15, -0.1) is 0 Å². The van der Waals surface area contributed by atoms with Crippen molar-refractivity contribution in [2.24, 2.45) is 0 Å². The SMILES string of the molecule is CN1CCN(CC(=O)Nc2ccc(N3CCCC3=O)cc2)CC1. The minimum atomic E-state index is 0.0135. The number of benzene rings is 1. The van der Waals surface area contributed by atoms with E-state index in [0.717, 1.165) is 50.5 Å². The van der Waals surface area contributed by atoms with Crippen LogP contribution in [0, 0.1) is 0 Å². The van der Waals surface area contributed by atoms with E-state index in [0.29, 0.717) is 13.0 Å². The molecule has 3 rings (SSSR count). The largest absolute Gasteiger partial charge is 0.325 e. The standard InChI is InChI=1S/C17H24N4O2/c1-19-9-11-20(12-10-19)13-16(22)18-14-4-6-15(7-5-14)21-8-2-3-17(21)23/h4-7H,2-3,8-13H2,1H3,(H,18,22). The van der Waals surface area contributed by atoms with Crippen molar-refractivity contribution in [3.05, 3.63) is 24.3 Å². The molecule has 0 aromatic heterocycles. The molecule has 2 aliphatic heterocycles. The maximum absolute atomic E-state index is 12.1. The van der Waals surface area contributed by atoms with E-state index in [-0.39, 0.29) is 11.8 Å². The number of hydrogen-bond acceptors (Lipinski definition) is 4. The minimum absolute atomic E-state index is 0.0135. The molecule has 0 spiro atoms. The highest BCUT2D eigenvalue weighted by Crippen LogP contribution is 2.23. The molecule has 1 aromatic rings. The molecule has 0 saturated carbocycles. The molecule has 6 heteroatoms. The van der Waals surface area contributed by atoms with E-state index >= 15 is 0 Å². The number of likely N-dealkylation sites (N-methyl/N-ethyl adjacent to an activating group) is 1. The van der Waals surface area contributed by atoms with Gasteiger partial charge in [0, 0.05) is 50.5 Å². The van der Waals surface area contributed by atoms with Gasteiger partial charge < -0.3 is 15.1 Å². The van der Waals surface area contributed by atoms with Gasteiger partial charge in [-0.25, -0.2) is 0 Å². The first-order chi connectivity index (χ1) is 11.1. The smallest absolute Gasteiger partial charge is 0.238 e. The third-order valence-corrected chi connectivity index (χ3v) is 4.50. The number of anilines is 2. The van der Waals surface area contributed by atoms with Gasteiger partial charge in [0.05, 0.1) is 6.54 Å². The number of rotatable bonds is 4.